The fraction of sp³-hybridized carbons (Fsp3) is 0.200. The van der Waals surface area contributed by atoms with Gasteiger partial charge in [0, 0.05) is 15.8 Å². The molecule has 0 unspecified atom stereocenters. The molecule has 2 aromatic carbocycles. The minimum atomic E-state index is -0.451. The van der Waals surface area contributed by atoms with Crippen LogP contribution in [0.3, 0.4) is 0 Å². The van der Waals surface area contributed by atoms with E-state index in [0.717, 1.165) is 10.1 Å². The molecular formula is C20H20N2O5S. The molecule has 0 spiro atoms. The lowest BCUT2D eigenvalue weighted by atomic mass is 10.2. The summed E-state index contributed by atoms with van der Waals surface area (Å²) in [5.74, 6) is 0.573. The fourth-order valence-electron chi connectivity index (χ4n) is 2.70. The van der Waals surface area contributed by atoms with E-state index in [1.54, 1.807) is 30.3 Å². The number of esters is 1. The van der Waals surface area contributed by atoms with E-state index in [4.69, 9.17) is 14.2 Å². The van der Waals surface area contributed by atoms with Gasteiger partial charge in [-0.15, -0.1) is 11.3 Å². The minimum Gasteiger partial charge on any atom is -0.495 e. The predicted octanol–water partition coefficient (Wildman–Crippen LogP) is 4.74. The molecule has 146 valence electrons. The summed E-state index contributed by atoms with van der Waals surface area (Å²) in [4.78, 5) is 24.8. The standard InChI is InChI=1S/C20H20N2O5S/c1-4-27-17-13-11-12(9-10-16(13)28-18(17)19(23)26-3)21-20(24)22-14-7-5-6-8-15(14)25-2/h5-11H,4H2,1-3H3,(H2,21,22,24). The molecule has 0 aliphatic heterocycles. The summed E-state index contributed by atoms with van der Waals surface area (Å²) in [7, 11) is 2.87. The maximum Gasteiger partial charge on any atom is 0.351 e. The van der Waals surface area contributed by atoms with E-state index < -0.39 is 12.0 Å². The van der Waals surface area contributed by atoms with Crippen molar-refractivity contribution in [2.24, 2.45) is 0 Å². The van der Waals surface area contributed by atoms with Crippen molar-refractivity contribution in [2.45, 2.75) is 6.92 Å². The molecule has 3 rings (SSSR count). The number of hydrogen-bond acceptors (Lipinski definition) is 6. The Morgan fingerprint density at radius 2 is 1.86 bits per heavy atom. The molecule has 1 aromatic heterocycles. The van der Waals surface area contributed by atoms with Gasteiger partial charge in [0.05, 0.1) is 26.5 Å². The van der Waals surface area contributed by atoms with Crippen molar-refractivity contribution >= 4 is 44.8 Å². The first-order valence-corrected chi connectivity index (χ1v) is 9.37. The van der Waals surface area contributed by atoms with Gasteiger partial charge < -0.3 is 24.8 Å². The summed E-state index contributed by atoms with van der Waals surface area (Å²) in [6.45, 7) is 2.25. The van der Waals surface area contributed by atoms with Gasteiger partial charge in [0.25, 0.3) is 0 Å². The van der Waals surface area contributed by atoms with Crippen molar-refractivity contribution in [1.82, 2.24) is 0 Å². The topological polar surface area (TPSA) is 85.9 Å². The molecule has 0 aliphatic carbocycles. The summed E-state index contributed by atoms with van der Waals surface area (Å²) < 4.78 is 16.6. The number of methoxy groups -OCH3 is 2. The third-order valence-electron chi connectivity index (χ3n) is 3.91. The Morgan fingerprint density at radius 1 is 1.07 bits per heavy atom. The zero-order valence-electron chi connectivity index (χ0n) is 15.7. The number of nitrogens with one attached hydrogen (secondary N) is 2. The van der Waals surface area contributed by atoms with Crippen LogP contribution in [0.5, 0.6) is 11.5 Å². The van der Waals surface area contributed by atoms with Gasteiger partial charge in [0.15, 0.2) is 10.6 Å². The predicted molar refractivity (Wildman–Crippen MR) is 110 cm³/mol. The molecule has 0 saturated carbocycles. The Labute approximate surface area is 166 Å². The zero-order valence-corrected chi connectivity index (χ0v) is 16.5. The van der Waals surface area contributed by atoms with Crippen molar-refractivity contribution in [2.75, 3.05) is 31.5 Å². The lowest BCUT2D eigenvalue weighted by Crippen LogP contribution is -2.19. The summed E-state index contributed by atoms with van der Waals surface area (Å²) >= 11 is 1.29. The third kappa shape index (κ3) is 4.01. The highest BCUT2D eigenvalue weighted by atomic mass is 32.1. The number of benzene rings is 2. The first kappa shape index (κ1) is 19.5. The number of amides is 2. The maximum atomic E-state index is 12.4. The second-order valence-corrected chi connectivity index (χ2v) is 6.73. The molecule has 7 nitrogen and oxygen atoms in total. The number of carbonyl (C=O) groups excluding carboxylic acids is 2. The van der Waals surface area contributed by atoms with Crippen LogP contribution in [0.2, 0.25) is 0 Å². The Balaban J connectivity index is 1.86. The molecule has 8 heteroatoms. The normalized spacial score (nSPS) is 10.4. The Bertz CT molecular complexity index is 1010. The Kier molecular flexibility index (Phi) is 6.00. The smallest absolute Gasteiger partial charge is 0.351 e. The first-order chi connectivity index (χ1) is 13.6. The van der Waals surface area contributed by atoms with Crippen LogP contribution in [0.1, 0.15) is 16.6 Å². The molecular weight excluding hydrogens is 380 g/mol. The van der Waals surface area contributed by atoms with Gasteiger partial charge in [-0.1, -0.05) is 12.1 Å². The van der Waals surface area contributed by atoms with E-state index >= 15 is 0 Å². The fourth-order valence-corrected chi connectivity index (χ4v) is 3.75. The number of hydrogen-bond donors (Lipinski definition) is 2. The maximum absolute atomic E-state index is 12.4. The van der Waals surface area contributed by atoms with Crippen molar-refractivity contribution in [3.63, 3.8) is 0 Å². The summed E-state index contributed by atoms with van der Waals surface area (Å²) in [6.07, 6.45) is 0. The summed E-state index contributed by atoms with van der Waals surface area (Å²) in [6, 6.07) is 12.1. The van der Waals surface area contributed by atoms with Gasteiger partial charge >= 0.3 is 12.0 Å². The van der Waals surface area contributed by atoms with E-state index in [1.807, 2.05) is 19.1 Å². The molecule has 0 fully saturated rings. The van der Waals surface area contributed by atoms with Crippen molar-refractivity contribution < 1.29 is 23.8 Å². The van der Waals surface area contributed by atoms with Crippen LogP contribution >= 0.6 is 11.3 Å². The molecule has 2 amide bonds. The van der Waals surface area contributed by atoms with Crippen molar-refractivity contribution in [3.05, 3.63) is 47.3 Å². The number of thiophene rings is 1. The van der Waals surface area contributed by atoms with Crippen LogP contribution in [0.15, 0.2) is 42.5 Å². The Hall–Kier alpha value is -3.26. The van der Waals surface area contributed by atoms with Crippen LogP contribution in [0.25, 0.3) is 10.1 Å². The molecule has 0 radical (unpaired) electrons. The lowest BCUT2D eigenvalue weighted by Gasteiger charge is -2.11. The summed E-state index contributed by atoms with van der Waals surface area (Å²) in [5, 5.41) is 6.27. The third-order valence-corrected chi connectivity index (χ3v) is 5.05. The van der Waals surface area contributed by atoms with Gasteiger partial charge in [0.1, 0.15) is 5.75 Å². The number of rotatable bonds is 6. The molecule has 2 N–H and O–H groups in total. The molecule has 28 heavy (non-hydrogen) atoms. The molecule has 0 saturated heterocycles. The second-order valence-electron chi connectivity index (χ2n) is 5.68. The van der Waals surface area contributed by atoms with Gasteiger partial charge in [-0.3, -0.25) is 0 Å². The van der Waals surface area contributed by atoms with E-state index in [1.165, 1.54) is 25.6 Å². The van der Waals surface area contributed by atoms with Crippen molar-refractivity contribution in [3.8, 4) is 11.5 Å². The quantitative estimate of drug-likeness (QED) is 0.584. The molecule has 3 aromatic rings. The highest BCUT2D eigenvalue weighted by Crippen LogP contribution is 2.39. The van der Waals surface area contributed by atoms with E-state index in [9.17, 15) is 9.59 Å². The number of ether oxygens (including phenoxy) is 3. The Morgan fingerprint density at radius 3 is 2.57 bits per heavy atom. The van der Waals surface area contributed by atoms with E-state index in [2.05, 4.69) is 10.6 Å². The average Bonchev–Trinajstić information content (AvgIpc) is 3.06. The monoisotopic (exact) mass is 400 g/mol. The molecule has 0 bridgehead atoms. The molecule has 1 heterocycles. The highest BCUT2D eigenvalue weighted by molar-refractivity contribution is 7.21. The van der Waals surface area contributed by atoms with Crippen LogP contribution in [-0.2, 0) is 4.74 Å². The van der Waals surface area contributed by atoms with E-state index in [0.29, 0.717) is 34.4 Å². The largest absolute Gasteiger partial charge is 0.495 e. The lowest BCUT2D eigenvalue weighted by molar-refractivity contribution is 0.0602. The number of urea groups is 1. The molecule has 0 aliphatic rings. The number of carbonyl (C=O) groups is 2. The average molecular weight is 400 g/mol. The minimum absolute atomic E-state index is 0.398. The first-order valence-electron chi connectivity index (χ1n) is 8.56. The zero-order chi connectivity index (χ0) is 20.1. The van der Waals surface area contributed by atoms with Gasteiger partial charge in [0.2, 0.25) is 0 Å². The van der Waals surface area contributed by atoms with Gasteiger partial charge in [-0.05, 0) is 37.3 Å². The number of fused-ring (bicyclic) bond motifs is 1. The van der Waals surface area contributed by atoms with Gasteiger partial charge in [-0.2, -0.15) is 0 Å². The van der Waals surface area contributed by atoms with Crippen LogP contribution in [-0.4, -0.2) is 32.8 Å². The second kappa shape index (κ2) is 8.62. The SMILES string of the molecule is CCOc1c(C(=O)OC)sc2ccc(NC(=O)Nc3ccccc3OC)cc12. The van der Waals surface area contributed by atoms with Crippen LogP contribution in [0.4, 0.5) is 16.2 Å². The summed E-state index contributed by atoms with van der Waals surface area (Å²) in [5.41, 5.74) is 1.12. The number of anilines is 2. The highest BCUT2D eigenvalue weighted by Gasteiger charge is 2.21. The molecule has 0 atom stereocenters. The van der Waals surface area contributed by atoms with Crippen LogP contribution in [0, 0.1) is 0 Å². The van der Waals surface area contributed by atoms with Crippen molar-refractivity contribution in [1.29, 1.82) is 0 Å². The van der Waals surface area contributed by atoms with Gasteiger partial charge in [-0.25, -0.2) is 9.59 Å². The van der Waals surface area contributed by atoms with Crippen LogP contribution < -0.4 is 20.1 Å². The van der Waals surface area contributed by atoms with E-state index in [-0.39, 0.29) is 0 Å². The number of para-hydroxylation sites is 2.